The van der Waals surface area contributed by atoms with E-state index in [1.807, 2.05) is 0 Å². The van der Waals surface area contributed by atoms with Crippen LogP contribution in [0.2, 0.25) is 0 Å². The second-order valence-electron chi connectivity index (χ2n) is 7.26. The molecule has 0 aliphatic heterocycles. The molecule has 1 atom stereocenters. The standard InChI is InChI=1S/C24H20FNO10/c25-15-3-5-16(6-4-15)36-24(33)26-11-17(35-23(32)14-2-8-19(28)21(30)10-14)12-34-22(31)13-1-7-18(27)20(29)9-13/h1-10,17,27-30H,11-12H2,(H,26,33). The lowest BCUT2D eigenvalue weighted by molar-refractivity contribution is 0.0000950. The molecule has 36 heavy (non-hydrogen) atoms. The van der Waals surface area contributed by atoms with Crippen molar-refractivity contribution < 1.29 is 53.4 Å². The van der Waals surface area contributed by atoms with Gasteiger partial charge in [0.05, 0.1) is 17.7 Å². The highest BCUT2D eigenvalue weighted by Crippen LogP contribution is 2.26. The average Bonchev–Trinajstić information content (AvgIpc) is 2.85. The molecule has 0 saturated carbocycles. The van der Waals surface area contributed by atoms with E-state index in [-0.39, 0.29) is 23.4 Å². The summed E-state index contributed by atoms with van der Waals surface area (Å²) in [5, 5.41) is 40.2. The van der Waals surface area contributed by atoms with Crippen LogP contribution in [0.4, 0.5) is 9.18 Å². The fourth-order valence-corrected chi connectivity index (χ4v) is 2.75. The number of rotatable bonds is 8. The first-order valence-corrected chi connectivity index (χ1v) is 10.3. The molecule has 0 aromatic heterocycles. The predicted molar refractivity (Wildman–Crippen MR) is 119 cm³/mol. The Kier molecular flexibility index (Phi) is 8.13. The fourth-order valence-electron chi connectivity index (χ4n) is 2.75. The van der Waals surface area contributed by atoms with Crippen LogP contribution in [0.5, 0.6) is 28.7 Å². The molecule has 0 bridgehead atoms. The van der Waals surface area contributed by atoms with Gasteiger partial charge in [0.25, 0.3) is 0 Å². The minimum atomic E-state index is -1.25. The van der Waals surface area contributed by atoms with Crippen LogP contribution in [0.25, 0.3) is 0 Å². The second-order valence-corrected chi connectivity index (χ2v) is 7.26. The lowest BCUT2D eigenvalue weighted by atomic mass is 10.2. The van der Waals surface area contributed by atoms with Gasteiger partial charge in [-0.2, -0.15) is 0 Å². The van der Waals surface area contributed by atoms with Gasteiger partial charge in [-0.3, -0.25) is 0 Å². The molecular formula is C24H20FNO10. The lowest BCUT2D eigenvalue weighted by Crippen LogP contribution is -2.39. The van der Waals surface area contributed by atoms with Crippen molar-refractivity contribution in [1.29, 1.82) is 0 Å². The third kappa shape index (κ3) is 7.00. The maximum absolute atomic E-state index is 13.0. The van der Waals surface area contributed by atoms with Gasteiger partial charge in [0, 0.05) is 0 Å². The molecule has 0 aliphatic rings. The van der Waals surface area contributed by atoms with Gasteiger partial charge < -0.3 is 40.0 Å². The van der Waals surface area contributed by atoms with Gasteiger partial charge >= 0.3 is 18.0 Å². The Morgan fingerprint density at radius 1 is 0.778 bits per heavy atom. The van der Waals surface area contributed by atoms with E-state index >= 15 is 0 Å². The monoisotopic (exact) mass is 501 g/mol. The molecule has 188 valence electrons. The molecule has 3 rings (SSSR count). The van der Waals surface area contributed by atoms with Crippen LogP contribution < -0.4 is 10.1 Å². The van der Waals surface area contributed by atoms with Gasteiger partial charge in [0.2, 0.25) is 0 Å². The van der Waals surface area contributed by atoms with Gasteiger partial charge in [-0.25, -0.2) is 18.8 Å². The van der Waals surface area contributed by atoms with Gasteiger partial charge in [0.15, 0.2) is 29.1 Å². The summed E-state index contributed by atoms with van der Waals surface area (Å²) in [6.45, 7) is -0.933. The number of hydrogen-bond donors (Lipinski definition) is 5. The number of carbonyl (C=O) groups is 3. The third-order valence-corrected chi connectivity index (χ3v) is 4.59. The van der Waals surface area contributed by atoms with Crippen LogP contribution in [-0.2, 0) is 9.47 Å². The zero-order valence-corrected chi connectivity index (χ0v) is 18.4. The SMILES string of the molecule is O=C(NCC(COC(=O)c1ccc(O)c(O)c1)OC(=O)c1ccc(O)c(O)c1)Oc1ccc(F)cc1. The molecular weight excluding hydrogens is 481 g/mol. The van der Waals surface area contributed by atoms with Crippen molar-refractivity contribution in [2.45, 2.75) is 6.10 Å². The van der Waals surface area contributed by atoms with Crippen molar-refractivity contribution in [3.63, 3.8) is 0 Å². The molecule has 3 aromatic rings. The van der Waals surface area contributed by atoms with Crippen LogP contribution in [0.3, 0.4) is 0 Å². The fraction of sp³-hybridized carbons (Fsp3) is 0.125. The van der Waals surface area contributed by atoms with E-state index in [9.17, 15) is 39.2 Å². The van der Waals surface area contributed by atoms with E-state index in [2.05, 4.69) is 5.32 Å². The maximum Gasteiger partial charge on any atom is 0.412 e. The molecule has 12 heteroatoms. The van der Waals surface area contributed by atoms with Crippen molar-refractivity contribution in [2.24, 2.45) is 0 Å². The molecule has 0 heterocycles. The minimum Gasteiger partial charge on any atom is -0.504 e. The lowest BCUT2D eigenvalue weighted by Gasteiger charge is -2.19. The van der Waals surface area contributed by atoms with E-state index in [0.717, 1.165) is 36.4 Å². The quantitative estimate of drug-likeness (QED) is 0.228. The average molecular weight is 501 g/mol. The van der Waals surface area contributed by atoms with E-state index in [4.69, 9.17) is 14.2 Å². The number of amides is 1. The first-order valence-electron chi connectivity index (χ1n) is 10.3. The summed E-state index contributed by atoms with van der Waals surface area (Å²) in [6, 6.07) is 11.0. The molecule has 0 spiro atoms. The van der Waals surface area contributed by atoms with Crippen LogP contribution >= 0.6 is 0 Å². The highest BCUT2D eigenvalue weighted by molar-refractivity contribution is 5.91. The molecule has 5 N–H and O–H groups in total. The van der Waals surface area contributed by atoms with Crippen molar-refractivity contribution in [2.75, 3.05) is 13.2 Å². The number of phenolic OH excluding ortho intramolecular Hbond substituents is 4. The first kappa shape index (κ1) is 25.6. The van der Waals surface area contributed by atoms with Crippen LogP contribution in [-0.4, -0.2) is 57.7 Å². The molecule has 0 saturated heterocycles. The van der Waals surface area contributed by atoms with E-state index in [0.29, 0.717) is 0 Å². The number of carbonyl (C=O) groups excluding carboxylic acids is 3. The van der Waals surface area contributed by atoms with Gasteiger partial charge in [-0.1, -0.05) is 0 Å². The third-order valence-electron chi connectivity index (χ3n) is 4.59. The number of aromatic hydroxyl groups is 4. The highest BCUT2D eigenvalue weighted by atomic mass is 19.1. The molecule has 11 nitrogen and oxygen atoms in total. The summed E-state index contributed by atoms with van der Waals surface area (Å²) in [5.74, 6) is -4.41. The molecule has 3 aromatic carbocycles. The molecule has 0 radical (unpaired) electrons. The first-order chi connectivity index (χ1) is 17.1. The van der Waals surface area contributed by atoms with Crippen LogP contribution in [0.1, 0.15) is 20.7 Å². The smallest absolute Gasteiger partial charge is 0.412 e. The summed E-state index contributed by atoms with van der Waals surface area (Å²) in [7, 11) is 0. The Labute approximate surface area is 202 Å². The largest absolute Gasteiger partial charge is 0.504 e. The molecule has 1 amide bonds. The Morgan fingerprint density at radius 2 is 1.33 bits per heavy atom. The summed E-state index contributed by atoms with van der Waals surface area (Å²) >= 11 is 0. The van der Waals surface area contributed by atoms with Crippen molar-refractivity contribution in [1.82, 2.24) is 5.32 Å². The summed E-state index contributed by atoms with van der Waals surface area (Å²) in [4.78, 5) is 36.9. The Hall–Kier alpha value is -5.00. The van der Waals surface area contributed by atoms with E-state index in [1.54, 1.807) is 0 Å². The number of nitrogens with one attached hydrogen (secondary N) is 1. The van der Waals surface area contributed by atoms with Crippen molar-refractivity contribution in [3.8, 4) is 28.7 Å². The second kappa shape index (κ2) is 11.4. The highest BCUT2D eigenvalue weighted by Gasteiger charge is 2.21. The number of ether oxygens (including phenoxy) is 3. The van der Waals surface area contributed by atoms with Crippen molar-refractivity contribution >= 4 is 18.0 Å². The number of benzene rings is 3. The number of esters is 2. The maximum atomic E-state index is 13.0. The van der Waals surface area contributed by atoms with Gasteiger partial charge in [-0.05, 0) is 60.7 Å². The number of halogens is 1. The van der Waals surface area contributed by atoms with E-state index < -0.39 is 59.6 Å². The molecule has 0 aliphatic carbocycles. The van der Waals surface area contributed by atoms with E-state index in [1.165, 1.54) is 24.3 Å². The number of hydrogen-bond acceptors (Lipinski definition) is 10. The van der Waals surface area contributed by atoms with Crippen LogP contribution in [0.15, 0.2) is 60.7 Å². The predicted octanol–water partition coefficient (Wildman–Crippen LogP) is 2.82. The Balaban J connectivity index is 1.66. The van der Waals surface area contributed by atoms with Crippen LogP contribution in [0, 0.1) is 5.82 Å². The summed E-state index contributed by atoms with van der Waals surface area (Å²) in [6.07, 6.45) is -2.22. The molecule has 0 fully saturated rings. The van der Waals surface area contributed by atoms with Crippen molar-refractivity contribution in [3.05, 3.63) is 77.6 Å². The zero-order valence-electron chi connectivity index (χ0n) is 18.4. The Morgan fingerprint density at radius 3 is 1.89 bits per heavy atom. The summed E-state index contributed by atoms with van der Waals surface area (Å²) in [5.41, 5.74) is -0.249. The minimum absolute atomic E-state index is 0.0422. The summed E-state index contributed by atoms with van der Waals surface area (Å²) < 4.78 is 28.3. The van der Waals surface area contributed by atoms with Gasteiger partial charge in [-0.15, -0.1) is 0 Å². The normalized spacial score (nSPS) is 11.2. The zero-order chi connectivity index (χ0) is 26.2. The number of phenols is 4. The van der Waals surface area contributed by atoms with Gasteiger partial charge in [0.1, 0.15) is 18.2 Å². The topological polar surface area (TPSA) is 172 Å². The Bertz CT molecular complexity index is 1260. The molecule has 1 unspecified atom stereocenters.